The molecule has 0 saturated heterocycles. The molecule has 4 heteroatoms. The number of aromatic amines is 1. The van der Waals surface area contributed by atoms with E-state index in [1.165, 1.54) is 0 Å². The summed E-state index contributed by atoms with van der Waals surface area (Å²) in [5.41, 5.74) is 4.48. The summed E-state index contributed by atoms with van der Waals surface area (Å²) < 4.78 is 0. The van der Waals surface area contributed by atoms with Crippen molar-refractivity contribution >= 4 is 22.5 Å². The maximum atomic E-state index is 12.9. The molecule has 1 atom stereocenters. The second-order valence-electron chi connectivity index (χ2n) is 5.95. The maximum Gasteiger partial charge on any atom is 0.254 e. The van der Waals surface area contributed by atoms with E-state index in [4.69, 9.17) is 0 Å². The van der Waals surface area contributed by atoms with Crippen molar-refractivity contribution < 1.29 is 4.79 Å². The molecule has 3 aromatic rings. The van der Waals surface area contributed by atoms with Crippen molar-refractivity contribution in [3.63, 3.8) is 0 Å². The lowest BCUT2D eigenvalue weighted by Gasteiger charge is -2.33. The first-order valence-corrected chi connectivity index (χ1v) is 7.57. The van der Waals surface area contributed by atoms with E-state index in [0.29, 0.717) is 0 Å². The van der Waals surface area contributed by atoms with Crippen molar-refractivity contribution in [3.8, 4) is 0 Å². The van der Waals surface area contributed by atoms with Crippen LogP contribution in [-0.2, 0) is 16.8 Å². The minimum Gasteiger partial charge on any atom is -0.358 e. The molecule has 0 fully saturated rings. The van der Waals surface area contributed by atoms with E-state index in [1.807, 2.05) is 36.4 Å². The molecule has 108 valence electrons. The van der Waals surface area contributed by atoms with Crippen LogP contribution in [0.3, 0.4) is 0 Å². The van der Waals surface area contributed by atoms with Crippen molar-refractivity contribution in [1.82, 2.24) is 10.3 Å². The SMILES string of the molecule is O=C1Nc2ccccc2C12NCCc1[nH]c3ccccc3c12. The van der Waals surface area contributed by atoms with E-state index in [2.05, 4.69) is 27.8 Å². The Labute approximate surface area is 127 Å². The van der Waals surface area contributed by atoms with E-state index < -0.39 is 5.54 Å². The fraction of sp³-hybridized carbons (Fsp3) is 0.167. The van der Waals surface area contributed by atoms with Gasteiger partial charge in [0.05, 0.1) is 0 Å². The lowest BCUT2D eigenvalue weighted by atomic mass is 9.79. The lowest BCUT2D eigenvalue weighted by molar-refractivity contribution is -0.120. The highest BCUT2D eigenvalue weighted by Gasteiger charge is 2.51. The molecule has 2 aliphatic rings. The number of fused-ring (bicyclic) bond motifs is 6. The van der Waals surface area contributed by atoms with Crippen molar-refractivity contribution in [2.24, 2.45) is 0 Å². The van der Waals surface area contributed by atoms with Gasteiger partial charge in [-0.3, -0.25) is 10.1 Å². The van der Waals surface area contributed by atoms with Crippen molar-refractivity contribution in [2.75, 3.05) is 11.9 Å². The molecular formula is C18H15N3O. The number of anilines is 1. The van der Waals surface area contributed by atoms with Gasteiger partial charge in [0.25, 0.3) is 5.91 Å². The Morgan fingerprint density at radius 3 is 2.77 bits per heavy atom. The molecule has 4 nitrogen and oxygen atoms in total. The van der Waals surface area contributed by atoms with Gasteiger partial charge in [-0.2, -0.15) is 0 Å². The zero-order valence-corrected chi connectivity index (χ0v) is 11.9. The van der Waals surface area contributed by atoms with Crippen LogP contribution in [0.25, 0.3) is 10.9 Å². The number of nitrogens with one attached hydrogen (secondary N) is 3. The highest BCUT2D eigenvalue weighted by molar-refractivity contribution is 6.11. The largest absolute Gasteiger partial charge is 0.358 e. The van der Waals surface area contributed by atoms with Crippen LogP contribution in [0.2, 0.25) is 0 Å². The highest BCUT2D eigenvalue weighted by atomic mass is 16.2. The van der Waals surface area contributed by atoms with Crippen LogP contribution in [0.15, 0.2) is 48.5 Å². The zero-order valence-electron chi connectivity index (χ0n) is 11.9. The van der Waals surface area contributed by atoms with Crippen LogP contribution in [-0.4, -0.2) is 17.4 Å². The van der Waals surface area contributed by atoms with Gasteiger partial charge in [0, 0.05) is 46.4 Å². The molecule has 1 aromatic heterocycles. The van der Waals surface area contributed by atoms with Crippen LogP contribution >= 0.6 is 0 Å². The highest BCUT2D eigenvalue weighted by Crippen LogP contribution is 2.46. The Bertz CT molecular complexity index is 927. The molecule has 1 spiro atoms. The Hall–Kier alpha value is -2.59. The van der Waals surface area contributed by atoms with E-state index in [-0.39, 0.29) is 5.91 Å². The van der Waals surface area contributed by atoms with Crippen LogP contribution in [0.5, 0.6) is 0 Å². The topological polar surface area (TPSA) is 56.9 Å². The third kappa shape index (κ3) is 1.28. The minimum atomic E-state index is -0.774. The van der Waals surface area contributed by atoms with E-state index in [9.17, 15) is 4.79 Å². The molecule has 3 N–H and O–H groups in total. The quantitative estimate of drug-likeness (QED) is 0.595. The molecule has 1 unspecified atom stereocenters. The summed E-state index contributed by atoms with van der Waals surface area (Å²) in [6, 6.07) is 16.2. The molecule has 2 aromatic carbocycles. The van der Waals surface area contributed by atoms with Gasteiger partial charge in [0.15, 0.2) is 5.54 Å². The van der Waals surface area contributed by atoms with Crippen LogP contribution in [0, 0.1) is 0 Å². The molecule has 0 radical (unpaired) electrons. The first-order chi connectivity index (χ1) is 10.8. The molecule has 3 heterocycles. The number of carbonyl (C=O) groups is 1. The van der Waals surface area contributed by atoms with Gasteiger partial charge in [-0.05, 0) is 12.1 Å². The van der Waals surface area contributed by atoms with Crippen LogP contribution < -0.4 is 10.6 Å². The summed E-state index contributed by atoms with van der Waals surface area (Å²) in [5, 5.41) is 7.66. The standard InChI is InChI=1S/C18H15N3O/c22-17-18(12-6-2-4-8-14(12)21-17)16-11-5-1-3-7-13(11)20-15(16)9-10-19-18/h1-8,19-20H,9-10H2,(H,21,22). The second-order valence-corrected chi connectivity index (χ2v) is 5.95. The molecular weight excluding hydrogens is 274 g/mol. The minimum absolute atomic E-state index is 0.0133. The summed E-state index contributed by atoms with van der Waals surface area (Å²) in [6.45, 7) is 0.779. The zero-order chi connectivity index (χ0) is 14.7. The van der Waals surface area contributed by atoms with Gasteiger partial charge < -0.3 is 10.3 Å². The normalized spacial score (nSPS) is 22.6. The molecule has 0 saturated carbocycles. The Kier molecular flexibility index (Phi) is 2.18. The number of rotatable bonds is 0. The van der Waals surface area contributed by atoms with Crippen molar-refractivity contribution in [3.05, 3.63) is 65.4 Å². The second kappa shape index (κ2) is 3.99. The Morgan fingerprint density at radius 1 is 1.00 bits per heavy atom. The Morgan fingerprint density at radius 2 is 1.82 bits per heavy atom. The molecule has 0 bridgehead atoms. The average Bonchev–Trinajstić information content (AvgIpc) is 3.05. The van der Waals surface area contributed by atoms with Gasteiger partial charge in [-0.15, -0.1) is 0 Å². The summed E-state index contributed by atoms with van der Waals surface area (Å²) in [7, 11) is 0. The number of para-hydroxylation sites is 2. The summed E-state index contributed by atoms with van der Waals surface area (Å²) in [6.07, 6.45) is 0.904. The molecule has 22 heavy (non-hydrogen) atoms. The van der Waals surface area contributed by atoms with E-state index in [0.717, 1.165) is 46.4 Å². The molecule has 2 aliphatic heterocycles. The number of hydrogen-bond acceptors (Lipinski definition) is 2. The van der Waals surface area contributed by atoms with Gasteiger partial charge in [-0.1, -0.05) is 36.4 Å². The number of amides is 1. The van der Waals surface area contributed by atoms with Crippen LogP contribution in [0.4, 0.5) is 5.69 Å². The van der Waals surface area contributed by atoms with E-state index in [1.54, 1.807) is 0 Å². The number of benzene rings is 2. The first kappa shape index (κ1) is 12.0. The average molecular weight is 289 g/mol. The number of aromatic nitrogens is 1. The predicted molar refractivity (Wildman–Crippen MR) is 85.9 cm³/mol. The first-order valence-electron chi connectivity index (χ1n) is 7.57. The Balaban J connectivity index is 1.91. The van der Waals surface area contributed by atoms with Crippen LogP contribution in [0.1, 0.15) is 16.8 Å². The number of hydrogen-bond donors (Lipinski definition) is 3. The lowest BCUT2D eigenvalue weighted by Crippen LogP contribution is -2.52. The third-order valence-corrected chi connectivity index (χ3v) is 4.84. The fourth-order valence-electron chi connectivity index (χ4n) is 3.96. The predicted octanol–water partition coefficient (Wildman–Crippen LogP) is 2.51. The van der Waals surface area contributed by atoms with Crippen molar-refractivity contribution in [1.29, 1.82) is 0 Å². The smallest absolute Gasteiger partial charge is 0.254 e. The fourth-order valence-corrected chi connectivity index (χ4v) is 3.96. The molecule has 1 amide bonds. The van der Waals surface area contributed by atoms with Gasteiger partial charge >= 0.3 is 0 Å². The van der Waals surface area contributed by atoms with Crippen molar-refractivity contribution in [2.45, 2.75) is 12.0 Å². The van der Waals surface area contributed by atoms with Gasteiger partial charge in [-0.25, -0.2) is 0 Å². The maximum absolute atomic E-state index is 12.9. The summed E-state index contributed by atoms with van der Waals surface area (Å²) >= 11 is 0. The molecule has 5 rings (SSSR count). The number of H-pyrrole nitrogens is 1. The summed E-state index contributed by atoms with van der Waals surface area (Å²) in [5.74, 6) is 0.0133. The van der Waals surface area contributed by atoms with Gasteiger partial charge in [0.2, 0.25) is 0 Å². The molecule has 0 aliphatic carbocycles. The third-order valence-electron chi connectivity index (χ3n) is 4.84. The van der Waals surface area contributed by atoms with Gasteiger partial charge in [0.1, 0.15) is 0 Å². The number of carbonyl (C=O) groups excluding carboxylic acids is 1. The summed E-state index contributed by atoms with van der Waals surface area (Å²) in [4.78, 5) is 16.4. The monoisotopic (exact) mass is 289 g/mol. The van der Waals surface area contributed by atoms with E-state index >= 15 is 0 Å².